The molecule has 0 aromatic carbocycles. The van der Waals surface area contributed by atoms with Crippen molar-refractivity contribution in [2.24, 2.45) is 0 Å². The molecule has 0 unspecified atom stereocenters. The summed E-state index contributed by atoms with van der Waals surface area (Å²) in [5, 5.41) is 8.90. The molecule has 0 aliphatic heterocycles. The Labute approximate surface area is 61.1 Å². The van der Waals surface area contributed by atoms with Gasteiger partial charge in [-0.3, -0.25) is 0 Å². The van der Waals surface area contributed by atoms with Crippen LogP contribution in [-0.4, -0.2) is 12.2 Å². The summed E-state index contributed by atoms with van der Waals surface area (Å²) < 4.78 is 4.70. The van der Waals surface area contributed by atoms with Crippen molar-refractivity contribution in [1.29, 1.82) is 0 Å². The fraction of sp³-hybridized carbons (Fsp3) is 0.250. The highest BCUT2D eigenvalue weighted by Gasteiger charge is 1.84. The first-order valence-electron chi connectivity index (χ1n) is 2.93. The molecular formula is C8H12O2. The molecule has 0 radical (unpaired) electrons. The van der Waals surface area contributed by atoms with Gasteiger partial charge in [0.05, 0.1) is 13.4 Å². The second kappa shape index (κ2) is 4.68. The summed E-state index contributed by atoms with van der Waals surface area (Å²) in [5.74, 6) is 0.144. The van der Waals surface area contributed by atoms with Crippen LogP contribution in [0.1, 0.15) is 6.92 Å². The first kappa shape index (κ1) is 8.82. The molecule has 0 rings (SSSR count). The lowest BCUT2D eigenvalue weighted by molar-refractivity contribution is 0.334. The minimum Gasteiger partial charge on any atom is -0.508 e. The minimum absolute atomic E-state index is 0.144. The molecule has 0 aromatic heterocycles. The second-order valence-corrected chi connectivity index (χ2v) is 1.87. The predicted octanol–water partition coefficient (Wildman–Crippen LogP) is 2.16. The number of aliphatic hydroxyl groups is 1. The second-order valence-electron chi connectivity index (χ2n) is 1.87. The van der Waals surface area contributed by atoms with Gasteiger partial charge in [0, 0.05) is 0 Å². The molecule has 10 heavy (non-hydrogen) atoms. The lowest BCUT2D eigenvalue weighted by atomic mass is 10.3. The summed E-state index contributed by atoms with van der Waals surface area (Å²) in [5.41, 5.74) is 0.847. The van der Waals surface area contributed by atoms with Crippen molar-refractivity contribution >= 4 is 0 Å². The lowest BCUT2D eigenvalue weighted by Gasteiger charge is -1.92. The van der Waals surface area contributed by atoms with Crippen LogP contribution in [0.25, 0.3) is 0 Å². The first-order valence-corrected chi connectivity index (χ1v) is 2.93. The smallest absolute Gasteiger partial charge is 0.115 e. The molecule has 0 saturated carbocycles. The van der Waals surface area contributed by atoms with Crippen molar-refractivity contribution < 1.29 is 9.84 Å². The maximum Gasteiger partial charge on any atom is 0.115 e. The van der Waals surface area contributed by atoms with Gasteiger partial charge in [-0.15, -0.1) is 0 Å². The van der Waals surface area contributed by atoms with E-state index in [0.29, 0.717) is 0 Å². The summed E-state index contributed by atoms with van der Waals surface area (Å²) >= 11 is 0. The van der Waals surface area contributed by atoms with Gasteiger partial charge in [0.2, 0.25) is 0 Å². The van der Waals surface area contributed by atoms with Crippen LogP contribution < -0.4 is 0 Å². The van der Waals surface area contributed by atoms with E-state index in [1.807, 2.05) is 6.92 Å². The van der Waals surface area contributed by atoms with Crippen LogP contribution in [0.5, 0.6) is 0 Å². The fourth-order valence-corrected chi connectivity index (χ4v) is 0.512. The van der Waals surface area contributed by atoms with Crippen LogP contribution in [0.4, 0.5) is 0 Å². The molecule has 0 bridgehead atoms. The first-order chi connectivity index (χ1) is 4.70. The maximum atomic E-state index is 8.90. The summed E-state index contributed by atoms with van der Waals surface area (Å²) in [6.45, 7) is 5.21. The van der Waals surface area contributed by atoms with Crippen LogP contribution >= 0.6 is 0 Å². The molecule has 2 nitrogen and oxygen atoms in total. The van der Waals surface area contributed by atoms with Gasteiger partial charge < -0.3 is 9.84 Å². The minimum atomic E-state index is 0.144. The molecule has 0 spiro atoms. The number of methoxy groups -OCH3 is 1. The zero-order valence-corrected chi connectivity index (χ0v) is 6.29. The van der Waals surface area contributed by atoms with Crippen LogP contribution in [0.15, 0.2) is 36.3 Å². The molecule has 0 amide bonds. The number of allylic oxidation sites excluding steroid dienone is 3. The topological polar surface area (TPSA) is 29.5 Å². The number of rotatable bonds is 3. The third-order valence-corrected chi connectivity index (χ3v) is 0.888. The Bertz CT molecular complexity index is 166. The Kier molecular flexibility index (Phi) is 4.12. The van der Waals surface area contributed by atoms with E-state index in [-0.39, 0.29) is 5.76 Å². The quantitative estimate of drug-likeness (QED) is 0.481. The Morgan fingerprint density at radius 1 is 1.60 bits per heavy atom. The van der Waals surface area contributed by atoms with E-state index >= 15 is 0 Å². The molecular weight excluding hydrogens is 128 g/mol. The van der Waals surface area contributed by atoms with Crippen molar-refractivity contribution in [3.63, 3.8) is 0 Å². The van der Waals surface area contributed by atoms with Gasteiger partial charge in [0.15, 0.2) is 0 Å². The molecule has 56 valence electrons. The van der Waals surface area contributed by atoms with Crippen molar-refractivity contribution in [1.82, 2.24) is 0 Å². The normalized spacial score (nSPS) is 13.0. The summed E-state index contributed by atoms with van der Waals surface area (Å²) in [4.78, 5) is 0. The highest BCUT2D eigenvalue weighted by molar-refractivity contribution is 5.21. The summed E-state index contributed by atoms with van der Waals surface area (Å²) in [6, 6.07) is 0. The zero-order chi connectivity index (χ0) is 7.98. The maximum absolute atomic E-state index is 8.90. The predicted molar refractivity (Wildman–Crippen MR) is 41.7 cm³/mol. The molecule has 2 heteroatoms. The Balaban J connectivity index is 4.11. The fourth-order valence-electron chi connectivity index (χ4n) is 0.512. The van der Waals surface area contributed by atoms with Gasteiger partial charge >= 0.3 is 0 Å². The van der Waals surface area contributed by atoms with E-state index in [1.54, 1.807) is 19.4 Å². The lowest BCUT2D eigenvalue weighted by Crippen LogP contribution is -1.76. The standard InChI is InChI=1S/C8H12O2/c1-4-8(9)5-7(2)6-10-3/h4-6,9H,1H2,2-3H3/b7-6+,8-5+. The monoisotopic (exact) mass is 140 g/mol. The van der Waals surface area contributed by atoms with E-state index in [2.05, 4.69) is 6.58 Å². The van der Waals surface area contributed by atoms with Gasteiger partial charge in [0.1, 0.15) is 5.76 Å². The molecule has 0 fully saturated rings. The highest BCUT2D eigenvalue weighted by atomic mass is 16.5. The molecule has 0 aromatic rings. The third-order valence-electron chi connectivity index (χ3n) is 0.888. The Morgan fingerprint density at radius 3 is 2.60 bits per heavy atom. The number of hydrogen-bond donors (Lipinski definition) is 1. The van der Waals surface area contributed by atoms with Crippen molar-refractivity contribution in [2.75, 3.05) is 7.11 Å². The van der Waals surface area contributed by atoms with Crippen LogP contribution in [0, 0.1) is 0 Å². The van der Waals surface area contributed by atoms with Gasteiger partial charge in [0.25, 0.3) is 0 Å². The average Bonchev–Trinajstić information content (AvgIpc) is 1.88. The molecule has 0 atom stereocenters. The number of hydrogen-bond acceptors (Lipinski definition) is 2. The van der Waals surface area contributed by atoms with Crippen LogP contribution in [0.2, 0.25) is 0 Å². The molecule has 1 N–H and O–H groups in total. The SMILES string of the molecule is C=C/C(O)=C\C(C)=C\OC. The zero-order valence-electron chi connectivity index (χ0n) is 6.29. The molecule has 0 heterocycles. The summed E-state index contributed by atoms with van der Waals surface area (Å²) in [6.07, 6.45) is 4.48. The van der Waals surface area contributed by atoms with E-state index in [0.717, 1.165) is 5.57 Å². The Morgan fingerprint density at radius 2 is 2.20 bits per heavy atom. The molecule has 0 aliphatic carbocycles. The van der Waals surface area contributed by atoms with Crippen LogP contribution in [0.3, 0.4) is 0 Å². The van der Waals surface area contributed by atoms with E-state index in [9.17, 15) is 0 Å². The Hall–Kier alpha value is -1.18. The number of ether oxygens (including phenoxy) is 1. The van der Waals surface area contributed by atoms with Gasteiger partial charge in [-0.1, -0.05) is 6.58 Å². The van der Waals surface area contributed by atoms with Gasteiger partial charge in [-0.25, -0.2) is 0 Å². The van der Waals surface area contributed by atoms with Crippen molar-refractivity contribution in [3.8, 4) is 0 Å². The largest absolute Gasteiger partial charge is 0.508 e. The average molecular weight is 140 g/mol. The summed E-state index contributed by atoms with van der Waals surface area (Å²) in [7, 11) is 1.56. The van der Waals surface area contributed by atoms with E-state index in [4.69, 9.17) is 9.84 Å². The van der Waals surface area contributed by atoms with Crippen LogP contribution in [-0.2, 0) is 4.74 Å². The van der Waals surface area contributed by atoms with E-state index in [1.165, 1.54) is 6.08 Å². The third kappa shape index (κ3) is 3.78. The van der Waals surface area contributed by atoms with E-state index < -0.39 is 0 Å². The van der Waals surface area contributed by atoms with Crippen molar-refractivity contribution in [3.05, 3.63) is 36.3 Å². The van der Waals surface area contributed by atoms with Gasteiger partial charge in [-0.2, -0.15) is 0 Å². The number of aliphatic hydroxyl groups excluding tert-OH is 1. The molecule has 0 aliphatic rings. The van der Waals surface area contributed by atoms with Gasteiger partial charge in [-0.05, 0) is 24.6 Å². The van der Waals surface area contributed by atoms with Crippen molar-refractivity contribution in [2.45, 2.75) is 6.92 Å². The molecule has 0 saturated heterocycles. The highest BCUT2D eigenvalue weighted by Crippen LogP contribution is 1.99.